The Labute approximate surface area is 155 Å². The van der Waals surface area contributed by atoms with Crippen LogP contribution in [0, 0.1) is 0 Å². The van der Waals surface area contributed by atoms with Crippen LogP contribution in [0.25, 0.3) is 0 Å². The van der Waals surface area contributed by atoms with Crippen molar-refractivity contribution in [1.82, 2.24) is 5.01 Å². The Hall–Kier alpha value is -2.00. The van der Waals surface area contributed by atoms with Gasteiger partial charge in [-0.15, -0.1) is 0 Å². The molecule has 0 saturated carbocycles. The molecule has 0 spiro atoms. The lowest BCUT2D eigenvalue weighted by atomic mass is 9.87. The van der Waals surface area contributed by atoms with Gasteiger partial charge in [-0.1, -0.05) is 56.6 Å². The lowest BCUT2D eigenvalue weighted by Crippen LogP contribution is -2.44. The van der Waals surface area contributed by atoms with Crippen molar-refractivity contribution in [1.29, 1.82) is 0 Å². The quantitative estimate of drug-likeness (QED) is 0.737. The fraction of sp³-hybridized carbons (Fsp3) is 0.381. The van der Waals surface area contributed by atoms with Gasteiger partial charge in [0.15, 0.2) is 0 Å². The van der Waals surface area contributed by atoms with Gasteiger partial charge in [0.1, 0.15) is 0 Å². The zero-order valence-electron chi connectivity index (χ0n) is 15.2. The van der Waals surface area contributed by atoms with E-state index in [1.807, 2.05) is 18.3 Å². The van der Waals surface area contributed by atoms with E-state index in [9.17, 15) is 0 Å². The number of anilines is 1. The van der Waals surface area contributed by atoms with Gasteiger partial charge in [-0.25, -0.2) is 0 Å². The maximum atomic E-state index is 5.96. The zero-order chi connectivity index (χ0) is 17.9. The SMILES string of the molecule is CC(C)(C)c1ccc(C=NN2CCN(c3ccc(Cl)cc3)CC2)cc1. The molecule has 0 aliphatic carbocycles. The average Bonchev–Trinajstić information content (AvgIpc) is 2.61. The summed E-state index contributed by atoms with van der Waals surface area (Å²) in [4.78, 5) is 2.38. The minimum atomic E-state index is 0.188. The predicted octanol–water partition coefficient (Wildman–Crippen LogP) is 4.79. The molecule has 2 aromatic rings. The van der Waals surface area contributed by atoms with Gasteiger partial charge >= 0.3 is 0 Å². The summed E-state index contributed by atoms with van der Waals surface area (Å²) in [5.74, 6) is 0. The molecule has 0 amide bonds. The molecular formula is C21H26ClN3. The summed E-state index contributed by atoms with van der Waals surface area (Å²) in [6, 6.07) is 16.7. The third kappa shape index (κ3) is 4.76. The fourth-order valence-corrected chi connectivity index (χ4v) is 3.06. The van der Waals surface area contributed by atoms with Crippen LogP contribution in [0.2, 0.25) is 5.02 Å². The van der Waals surface area contributed by atoms with Crippen LogP contribution >= 0.6 is 11.6 Å². The molecule has 2 aromatic carbocycles. The summed E-state index contributed by atoms with van der Waals surface area (Å²) in [5, 5.41) is 7.57. The molecule has 0 radical (unpaired) electrons. The lowest BCUT2D eigenvalue weighted by Gasteiger charge is -2.34. The molecule has 4 heteroatoms. The second-order valence-corrected chi connectivity index (χ2v) is 7.97. The normalized spacial score (nSPS) is 15.8. The zero-order valence-corrected chi connectivity index (χ0v) is 16.0. The molecule has 1 aliphatic heterocycles. The molecular weight excluding hydrogens is 330 g/mol. The molecule has 0 bridgehead atoms. The van der Waals surface area contributed by atoms with E-state index in [2.05, 4.69) is 72.2 Å². The first kappa shape index (κ1) is 17.8. The first-order valence-corrected chi connectivity index (χ1v) is 9.20. The number of halogens is 1. The number of hydrazone groups is 1. The summed E-state index contributed by atoms with van der Waals surface area (Å²) in [6.07, 6.45) is 1.96. The van der Waals surface area contributed by atoms with Gasteiger partial charge in [-0.2, -0.15) is 5.10 Å². The highest BCUT2D eigenvalue weighted by atomic mass is 35.5. The van der Waals surface area contributed by atoms with Crippen LogP contribution < -0.4 is 4.90 Å². The average molecular weight is 356 g/mol. The number of nitrogens with zero attached hydrogens (tertiary/aromatic N) is 3. The number of benzene rings is 2. The van der Waals surface area contributed by atoms with Crippen molar-refractivity contribution < 1.29 is 0 Å². The Morgan fingerprint density at radius 1 is 0.880 bits per heavy atom. The standard InChI is InChI=1S/C21H26ClN3/c1-21(2,3)18-6-4-17(5-7-18)16-23-25-14-12-24(13-15-25)20-10-8-19(22)9-11-20/h4-11,16H,12-15H2,1-3H3. The molecule has 1 saturated heterocycles. The second kappa shape index (κ2) is 7.49. The highest BCUT2D eigenvalue weighted by Gasteiger charge is 2.16. The summed E-state index contributed by atoms with van der Waals surface area (Å²) in [7, 11) is 0. The topological polar surface area (TPSA) is 18.8 Å². The van der Waals surface area contributed by atoms with Crippen LogP contribution in [0.4, 0.5) is 5.69 Å². The Bertz CT molecular complexity index is 706. The molecule has 25 heavy (non-hydrogen) atoms. The number of hydrogen-bond donors (Lipinski definition) is 0. The first-order chi connectivity index (χ1) is 11.9. The molecule has 1 heterocycles. The summed E-state index contributed by atoms with van der Waals surface area (Å²) in [6.45, 7) is 10.5. The van der Waals surface area contributed by atoms with Crippen molar-refractivity contribution >= 4 is 23.5 Å². The van der Waals surface area contributed by atoms with Gasteiger partial charge in [-0.05, 0) is 40.8 Å². The maximum Gasteiger partial charge on any atom is 0.0542 e. The van der Waals surface area contributed by atoms with Crippen molar-refractivity contribution in [3.8, 4) is 0 Å². The number of rotatable bonds is 3. The summed E-state index contributed by atoms with van der Waals surface area (Å²) < 4.78 is 0. The van der Waals surface area contributed by atoms with E-state index in [0.717, 1.165) is 36.8 Å². The van der Waals surface area contributed by atoms with E-state index < -0.39 is 0 Å². The number of piperazine rings is 1. The fourth-order valence-electron chi connectivity index (χ4n) is 2.94. The molecule has 0 N–H and O–H groups in total. The highest BCUT2D eigenvalue weighted by Crippen LogP contribution is 2.22. The maximum absolute atomic E-state index is 5.96. The van der Waals surface area contributed by atoms with Gasteiger partial charge in [0.2, 0.25) is 0 Å². The minimum Gasteiger partial charge on any atom is -0.368 e. The Morgan fingerprint density at radius 2 is 1.48 bits per heavy atom. The van der Waals surface area contributed by atoms with Crippen molar-refractivity contribution in [2.24, 2.45) is 5.10 Å². The Morgan fingerprint density at radius 3 is 2.04 bits per heavy atom. The van der Waals surface area contributed by atoms with E-state index in [0.29, 0.717) is 0 Å². The minimum absolute atomic E-state index is 0.188. The monoisotopic (exact) mass is 355 g/mol. The van der Waals surface area contributed by atoms with Crippen molar-refractivity contribution in [3.05, 3.63) is 64.7 Å². The third-order valence-corrected chi connectivity index (χ3v) is 4.85. The Balaban J connectivity index is 1.55. The molecule has 0 unspecified atom stereocenters. The van der Waals surface area contributed by atoms with Crippen molar-refractivity contribution in [2.75, 3.05) is 31.1 Å². The molecule has 1 fully saturated rings. The predicted molar refractivity (Wildman–Crippen MR) is 108 cm³/mol. The van der Waals surface area contributed by atoms with Gasteiger partial charge in [0.05, 0.1) is 19.3 Å². The second-order valence-electron chi connectivity index (χ2n) is 7.53. The van der Waals surface area contributed by atoms with E-state index >= 15 is 0 Å². The lowest BCUT2D eigenvalue weighted by molar-refractivity contribution is 0.272. The van der Waals surface area contributed by atoms with Crippen LogP contribution in [-0.2, 0) is 5.41 Å². The van der Waals surface area contributed by atoms with E-state index in [-0.39, 0.29) is 5.41 Å². The number of hydrogen-bond acceptors (Lipinski definition) is 3. The van der Waals surface area contributed by atoms with Crippen LogP contribution in [0.5, 0.6) is 0 Å². The Kier molecular flexibility index (Phi) is 5.33. The first-order valence-electron chi connectivity index (χ1n) is 8.82. The molecule has 132 valence electrons. The van der Waals surface area contributed by atoms with E-state index in [1.54, 1.807) is 0 Å². The van der Waals surface area contributed by atoms with Crippen LogP contribution in [0.3, 0.4) is 0 Å². The molecule has 0 aromatic heterocycles. The van der Waals surface area contributed by atoms with Crippen molar-refractivity contribution in [3.63, 3.8) is 0 Å². The third-order valence-electron chi connectivity index (χ3n) is 4.59. The molecule has 0 atom stereocenters. The van der Waals surface area contributed by atoms with Gasteiger partial charge in [0.25, 0.3) is 0 Å². The van der Waals surface area contributed by atoms with Crippen LogP contribution in [0.1, 0.15) is 31.9 Å². The molecule has 1 aliphatic rings. The van der Waals surface area contributed by atoms with Gasteiger partial charge < -0.3 is 4.90 Å². The summed E-state index contributed by atoms with van der Waals surface area (Å²) >= 11 is 5.96. The van der Waals surface area contributed by atoms with Crippen LogP contribution in [-0.4, -0.2) is 37.4 Å². The largest absolute Gasteiger partial charge is 0.368 e. The molecule has 3 nitrogen and oxygen atoms in total. The summed E-state index contributed by atoms with van der Waals surface area (Å²) in [5.41, 5.74) is 3.91. The van der Waals surface area contributed by atoms with Crippen molar-refractivity contribution in [2.45, 2.75) is 26.2 Å². The molecule has 3 rings (SSSR count). The van der Waals surface area contributed by atoms with E-state index in [4.69, 9.17) is 11.6 Å². The van der Waals surface area contributed by atoms with Gasteiger partial charge in [-0.3, -0.25) is 5.01 Å². The van der Waals surface area contributed by atoms with Crippen LogP contribution in [0.15, 0.2) is 53.6 Å². The van der Waals surface area contributed by atoms with Gasteiger partial charge in [0, 0.05) is 23.8 Å². The highest BCUT2D eigenvalue weighted by molar-refractivity contribution is 6.30. The van der Waals surface area contributed by atoms with E-state index in [1.165, 1.54) is 11.3 Å². The smallest absolute Gasteiger partial charge is 0.0542 e.